The van der Waals surface area contributed by atoms with E-state index in [4.69, 9.17) is 0 Å². The van der Waals surface area contributed by atoms with Gasteiger partial charge in [-0.25, -0.2) is 8.78 Å². The Labute approximate surface area is 163 Å². The van der Waals surface area contributed by atoms with Gasteiger partial charge in [-0.15, -0.1) is 0 Å². The lowest BCUT2D eigenvalue weighted by Crippen LogP contribution is -2.46. The molecule has 1 N–H and O–H groups in total. The lowest BCUT2D eigenvalue weighted by Gasteiger charge is -2.32. The molecule has 0 radical (unpaired) electrons. The van der Waals surface area contributed by atoms with Gasteiger partial charge in [0, 0.05) is 28.3 Å². The van der Waals surface area contributed by atoms with Crippen LogP contribution in [0.15, 0.2) is 42.5 Å². The standard InChI is InChI=1S/C19H17F2IN2O2/c20-13-3-1-12(2-4-13)18(25)23-15-7-9-24(10-8-15)19(26)16-6-5-14(21)11-17(16)22/h1-6,11,15H,7-10H2,(H,23,25). The van der Waals surface area contributed by atoms with Crippen molar-refractivity contribution in [2.24, 2.45) is 0 Å². The molecule has 2 amide bonds. The quantitative estimate of drug-likeness (QED) is 0.698. The first kappa shape index (κ1) is 18.8. The van der Waals surface area contributed by atoms with Crippen LogP contribution in [0.4, 0.5) is 8.78 Å². The summed E-state index contributed by atoms with van der Waals surface area (Å²) in [6.45, 7) is 1.03. The van der Waals surface area contributed by atoms with E-state index >= 15 is 0 Å². The molecule has 2 aromatic carbocycles. The van der Waals surface area contributed by atoms with Crippen molar-refractivity contribution in [2.75, 3.05) is 13.1 Å². The molecule has 3 rings (SSSR count). The van der Waals surface area contributed by atoms with E-state index in [1.165, 1.54) is 42.5 Å². The molecule has 0 bridgehead atoms. The van der Waals surface area contributed by atoms with Crippen molar-refractivity contribution < 1.29 is 18.4 Å². The highest BCUT2D eigenvalue weighted by molar-refractivity contribution is 14.1. The summed E-state index contributed by atoms with van der Waals surface area (Å²) >= 11 is 1.95. The fourth-order valence-electron chi connectivity index (χ4n) is 2.93. The fraction of sp³-hybridized carbons (Fsp3) is 0.263. The van der Waals surface area contributed by atoms with Crippen molar-refractivity contribution in [3.63, 3.8) is 0 Å². The predicted octanol–water partition coefficient (Wildman–Crippen LogP) is 3.60. The van der Waals surface area contributed by atoms with Gasteiger partial charge in [0.15, 0.2) is 0 Å². The van der Waals surface area contributed by atoms with Crippen molar-refractivity contribution >= 4 is 34.4 Å². The van der Waals surface area contributed by atoms with E-state index in [2.05, 4.69) is 5.32 Å². The second kappa shape index (κ2) is 8.11. The maximum atomic E-state index is 13.2. The molecule has 0 saturated carbocycles. The summed E-state index contributed by atoms with van der Waals surface area (Å²) in [5.41, 5.74) is 0.895. The van der Waals surface area contributed by atoms with Crippen LogP contribution < -0.4 is 5.32 Å². The molecule has 4 nitrogen and oxygen atoms in total. The van der Waals surface area contributed by atoms with E-state index in [0.29, 0.717) is 40.6 Å². The summed E-state index contributed by atoms with van der Waals surface area (Å²) < 4.78 is 26.7. The zero-order valence-electron chi connectivity index (χ0n) is 13.8. The maximum Gasteiger partial charge on any atom is 0.254 e. The van der Waals surface area contributed by atoms with Gasteiger partial charge in [-0.1, -0.05) is 0 Å². The third-order valence-corrected chi connectivity index (χ3v) is 5.28. The van der Waals surface area contributed by atoms with Gasteiger partial charge < -0.3 is 10.2 Å². The van der Waals surface area contributed by atoms with E-state index in [1.54, 1.807) is 4.90 Å². The Kier molecular flexibility index (Phi) is 5.85. The Hall–Kier alpha value is -2.03. The van der Waals surface area contributed by atoms with E-state index in [1.807, 2.05) is 22.6 Å². The summed E-state index contributed by atoms with van der Waals surface area (Å²) in [6.07, 6.45) is 1.27. The van der Waals surface area contributed by atoms with E-state index in [-0.39, 0.29) is 29.5 Å². The Morgan fingerprint density at radius 3 is 2.23 bits per heavy atom. The van der Waals surface area contributed by atoms with Crippen LogP contribution in [-0.2, 0) is 0 Å². The Bertz CT molecular complexity index is 819. The zero-order chi connectivity index (χ0) is 18.7. The Morgan fingerprint density at radius 1 is 1.00 bits per heavy atom. The smallest absolute Gasteiger partial charge is 0.254 e. The molecule has 1 fully saturated rings. The number of benzene rings is 2. The second-order valence-electron chi connectivity index (χ2n) is 6.17. The molecule has 0 aromatic heterocycles. The Morgan fingerprint density at radius 2 is 1.62 bits per heavy atom. The lowest BCUT2D eigenvalue weighted by atomic mass is 10.0. The average molecular weight is 470 g/mol. The lowest BCUT2D eigenvalue weighted by molar-refractivity contribution is 0.0697. The molecule has 1 aliphatic heterocycles. The summed E-state index contributed by atoms with van der Waals surface area (Å²) in [5.74, 6) is -1.13. The van der Waals surface area contributed by atoms with Crippen LogP contribution in [-0.4, -0.2) is 35.8 Å². The van der Waals surface area contributed by atoms with Crippen LogP contribution in [0.2, 0.25) is 0 Å². The minimum atomic E-state index is -0.385. The van der Waals surface area contributed by atoms with Crippen LogP contribution in [0.5, 0.6) is 0 Å². The highest BCUT2D eigenvalue weighted by Gasteiger charge is 2.26. The first-order valence-corrected chi connectivity index (χ1v) is 9.32. The molecule has 1 saturated heterocycles. The molecule has 26 heavy (non-hydrogen) atoms. The van der Waals surface area contributed by atoms with Crippen molar-refractivity contribution in [2.45, 2.75) is 18.9 Å². The molecular formula is C19H17F2IN2O2. The summed E-state index contributed by atoms with van der Waals surface area (Å²) in [7, 11) is 0. The molecule has 2 aromatic rings. The van der Waals surface area contributed by atoms with Gasteiger partial charge in [0.2, 0.25) is 0 Å². The molecule has 1 aliphatic rings. The monoisotopic (exact) mass is 470 g/mol. The van der Waals surface area contributed by atoms with Crippen LogP contribution in [0.3, 0.4) is 0 Å². The number of piperidine rings is 1. The summed E-state index contributed by atoms with van der Waals surface area (Å²) in [6, 6.07) is 9.47. The number of nitrogens with one attached hydrogen (secondary N) is 1. The minimum absolute atomic E-state index is 0.0381. The van der Waals surface area contributed by atoms with Crippen molar-refractivity contribution in [3.8, 4) is 0 Å². The third-order valence-electron chi connectivity index (χ3n) is 4.39. The fourth-order valence-corrected chi connectivity index (χ4v) is 3.64. The summed E-state index contributed by atoms with van der Waals surface area (Å²) in [4.78, 5) is 26.5. The molecule has 0 spiro atoms. The van der Waals surface area contributed by atoms with Crippen molar-refractivity contribution in [1.82, 2.24) is 10.2 Å². The number of nitrogens with zero attached hydrogens (tertiary/aromatic N) is 1. The molecule has 0 atom stereocenters. The van der Waals surface area contributed by atoms with Crippen molar-refractivity contribution in [1.29, 1.82) is 0 Å². The molecule has 0 unspecified atom stereocenters. The third kappa shape index (κ3) is 4.38. The number of amides is 2. The van der Waals surface area contributed by atoms with Crippen LogP contribution >= 0.6 is 22.6 Å². The highest BCUT2D eigenvalue weighted by atomic mass is 127. The number of rotatable bonds is 3. The van der Waals surface area contributed by atoms with Gasteiger partial charge in [0.25, 0.3) is 11.8 Å². The van der Waals surface area contributed by atoms with E-state index in [9.17, 15) is 18.4 Å². The van der Waals surface area contributed by atoms with Gasteiger partial charge in [0.05, 0.1) is 5.56 Å². The largest absolute Gasteiger partial charge is 0.349 e. The molecular weight excluding hydrogens is 453 g/mol. The molecule has 1 heterocycles. The van der Waals surface area contributed by atoms with Gasteiger partial charge in [-0.05, 0) is 77.9 Å². The van der Waals surface area contributed by atoms with E-state index in [0.717, 1.165) is 0 Å². The minimum Gasteiger partial charge on any atom is -0.349 e. The number of hydrogen-bond acceptors (Lipinski definition) is 2. The van der Waals surface area contributed by atoms with Crippen molar-refractivity contribution in [3.05, 3.63) is 68.8 Å². The van der Waals surface area contributed by atoms with Gasteiger partial charge in [-0.3, -0.25) is 9.59 Å². The topological polar surface area (TPSA) is 49.4 Å². The highest BCUT2D eigenvalue weighted by Crippen LogP contribution is 2.19. The van der Waals surface area contributed by atoms with E-state index < -0.39 is 0 Å². The predicted molar refractivity (Wildman–Crippen MR) is 102 cm³/mol. The number of carbonyl (C=O) groups excluding carboxylic acids is 2. The van der Waals surface area contributed by atoms with Crippen LogP contribution in [0, 0.1) is 15.2 Å². The zero-order valence-corrected chi connectivity index (χ0v) is 16.0. The number of carbonyl (C=O) groups is 2. The number of likely N-dealkylation sites (tertiary alicyclic amines) is 1. The molecule has 7 heteroatoms. The molecule has 136 valence electrons. The molecule has 0 aliphatic carbocycles. The maximum absolute atomic E-state index is 13.2. The average Bonchev–Trinajstić information content (AvgIpc) is 2.62. The number of hydrogen-bond donors (Lipinski definition) is 1. The van der Waals surface area contributed by atoms with Crippen LogP contribution in [0.1, 0.15) is 33.6 Å². The Balaban J connectivity index is 1.56. The number of halogens is 3. The van der Waals surface area contributed by atoms with Gasteiger partial charge >= 0.3 is 0 Å². The van der Waals surface area contributed by atoms with Gasteiger partial charge in [-0.2, -0.15) is 0 Å². The first-order valence-electron chi connectivity index (χ1n) is 8.25. The first-order chi connectivity index (χ1) is 12.4. The second-order valence-corrected chi connectivity index (χ2v) is 7.33. The van der Waals surface area contributed by atoms with Gasteiger partial charge in [0.1, 0.15) is 11.6 Å². The SMILES string of the molecule is O=C(NC1CCN(C(=O)c2ccc(F)cc2I)CC1)c1ccc(F)cc1. The summed E-state index contributed by atoms with van der Waals surface area (Å²) in [5, 5.41) is 2.92. The normalized spacial score (nSPS) is 15.0. The van der Waals surface area contributed by atoms with Crippen LogP contribution in [0.25, 0.3) is 0 Å².